The van der Waals surface area contributed by atoms with E-state index in [-0.39, 0.29) is 11.8 Å². The molecule has 0 spiro atoms. The van der Waals surface area contributed by atoms with E-state index in [1.807, 2.05) is 0 Å². The molecule has 1 aliphatic heterocycles. The highest BCUT2D eigenvalue weighted by Crippen LogP contribution is 2.37. The summed E-state index contributed by atoms with van der Waals surface area (Å²) in [5.41, 5.74) is 0.628. The fraction of sp³-hybridized carbons (Fsp3) is 0.182. The molecule has 3 aromatic rings. The summed E-state index contributed by atoms with van der Waals surface area (Å²) < 4.78 is 49.4. The van der Waals surface area contributed by atoms with Crippen molar-refractivity contribution in [3.63, 3.8) is 0 Å². The topological polar surface area (TPSA) is 61.5 Å². The van der Waals surface area contributed by atoms with E-state index >= 15 is 0 Å². The number of rotatable bonds is 1. The molecule has 0 saturated heterocycles. The first kappa shape index (κ1) is 12.4. The summed E-state index contributed by atoms with van der Waals surface area (Å²) >= 11 is 1.01. The van der Waals surface area contributed by atoms with Gasteiger partial charge in [-0.15, -0.1) is 10.2 Å². The molecular formula is C11H5F3N4O2S. The molecule has 2 aromatic heterocycles. The molecular weight excluding hydrogens is 309 g/mol. The zero-order valence-electron chi connectivity index (χ0n) is 10.1. The van der Waals surface area contributed by atoms with Gasteiger partial charge in [0, 0.05) is 5.56 Å². The Morgan fingerprint density at radius 1 is 1.14 bits per heavy atom. The second-order valence-electron chi connectivity index (χ2n) is 4.19. The predicted octanol–water partition coefficient (Wildman–Crippen LogP) is 2.60. The molecule has 0 saturated carbocycles. The fourth-order valence-corrected chi connectivity index (χ4v) is 2.78. The first-order chi connectivity index (χ1) is 10.0. The van der Waals surface area contributed by atoms with E-state index in [4.69, 9.17) is 9.47 Å². The van der Waals surface area contributed by atoms with Crippen LogP contribution in [-0.4, -0.2) is 26.6 Å². The number of fused-ring (bicyclic) bond motifs is 2. The van der Waals surface area contributed by atoms with Crippen LogP contribution in [0.25, 0.3) is 15.5 Å². The average molecular weight is 314 g/mol. The molecule has 4 rings (SSSR count). The van der Waals surface area contributed by atoms with Gasteiger partial charge in [-0.2, -0.15) is 22.8 Å². The lowest BCUT2D eigenvalue weighted by atomic mass is 10.2. The third-order valence-electron chi connectivity index (χ3n) is 2.86. The van der Waals surface area contributed by atoms with Gasteiger partial charge in [-0.1, -0.05) is 11.3 Å². The van der Waals surface area contributed by atoms with E-state index in [1.165, 1.54) is 0 Å². The van der Waals surface area contributed by atoms with Gasteiger partial charge in [0.1, 0.15) is 5.01 Å². The lowest BCUT2D eigenvalue weighted by Gasteiger charge is -2.01. The van der Waals surface area contributed by atoms with Gasteiger partial charge in [0.05, 0.1) is 0 Å². The maximum Gasteiger partial charge on any atom is 0.453 e. The van der Waals surface area contributed by atoms with Crippen LogP contribution in [0.5, 0.6) is 11.5 Å². The largest absolute Gasteiger partial charge is 0.454 e. The van der Waals surface area contributed by atoms with Crippen molar-refractivity contribution in [2.45, 2.75) is 6.18 Å². The maximum atomic E-state index is 12.7. The highest BCUT2D eigenvalue weighted by Gasteiger charge is 2.38. The number of aromatic nitrogens is 4. The zero-order chi connectivity index (χ0) is 14.6. The predicted molar refractivity (Wildman–Crippen MR) is 65.2 cm³/mol. The SMILES string of the molecule is FC(F)(F)c1nnc2sc(-c3ccc4c(c3)OCO4)nn12. The Bertz CT molecular complexity index is 842. The first-order valence-corrected chi connectivity index (χ1v) is 6.53. The minimum absolute atomic E-state index is 0.0787. The Kier molecular flexibility index (Phi) is 2.40. The summed E-state index contributed by atoms with van der Waals surface area (Å²) in [6.07, 6.45) is -4.60. The second-order valence-corrected chi connectivity index (χ2v) is 5.15. The number of benzene rings is 1. The molecule has 0 fully saturated rings. The van der Waals surface area contributed by atoms with Gasteiger partial charge in [0.25, 0.3) is 5.82 Å². The van der Waals surface area contributed by atoms with E-state index in [9.17, 15) is 13.2 Å². The number of alkyl halides is 3. The molecule has 10 heteroatoms. The minimum Gasteiger partial charge on any atom is -0.454 e. The highest BCUT2D eigenvalue weighted by atomic mass is 32.1. The van der Waals surface area contributed by atoms with Crippen LogP contribution in [0.4, 0.5) is 13.2 Å². The third-order valence-corrected chi connectivity index (χ3v) is 3.81. The summed E-state index contributed by atoms with van der Waals surface area (Å²) in [6.45, 7) is 0.127. The van der Waals surface area contributed by atoms with Crippen molar-refractivity contribution >= 4 is 16.3 Å². The molecule has 0 aliphatic carbocycles. The van der Waals surface area contributed by atoms with E-state index in [2.05, 4.69) is 15.3 Å². The Morgan fingerprint density at radius 3 is 2.76 bits per heavy atom. The fourth-order valence-electron chi connectivity index (χ4n) is 1.94. The van der Waals surface area contributed by atoms with E-state index < -0.39 is 12.0 Å². The van der Waals surface area contributed by atoms with Crippen molar-refractivity contribution in [1.29, 1.82) is 0 Å². The molecule has 1 aliphatic rings. The zero-order valence-corrected chi connectivity index (χ0v) is 10.9. The Morgan fingerprint density at radius 2 is 1.95 bits per heavy atom. The first-order valence-electron chi connectivity index (χ1n) is 5.72. The normalized spacial score (nSPS) is 14.0. The Labute approximate surface area is 118 Å². The van der Waals surface area contributed by atoms with Crippen molar-refractivity contribution in [1.82, 2.24) is 19.8 Å². The van der Waals surface area contributed by atoms with Gasteiger partial charge in [-0.3, -0.25) is 0 Å². The smallest absolute Gasteiger partial charge is 0.453 e. The summed E-state index contributed by atoms with van der Waals surface area (Å²) in [4.78, 5) is 0.0787. The minimum atomic E-state index is -4.60. The molecule has 0 bridgehead atoms. The quantitative estimate of drug-likeness (QED) is 0.691. The lowest BCUT2D eigenvalue weighted by Crippen LogP contribution is -2.11. The lowest BCUT2D eigenvalue weighted by molar-refractivity contribution is -0.146. The van der Waals surface area contributed by atoms with Crippen LogP contribution in [0, 0.1) is 0 Å². The molecule has 0 unspecified atom stereocenters. The Hall–Kier alpha value is -2.36. The summed E-state index contributed by atoms with van der Waals surface area (Å²) in [5.74, 6) is -0.00650. The number of nitrogens with zero attached hydrogens (tertiary/aromatic N) is 4. The van der Waals surface area contributed by atoms with E-state index in [1.54, 1.807) is 18.2 Å². The second kappa shape index (κ2) is 4.07. The molecule has 6 nitrogen and oxygen atoms in total. The standard InChI is InChI=1S/C11H5F3N4O2S/c12-11(13,14)9-15-16-10-18(9)17-8(21-10)5-1-2-6-7(3-5)20-4-19-6/h1-3H,4H2. The van der Waals surface area contributed by atoms with Crippen molar-refractivity contribution in [3.8, 4) is 22.1 Å². The molecule has 3 heterocycles. The summed E-state index contributed by atoms with van der Waals surface area (Å²) in [7, 11) is 0. The highest BCUT2D eigenvalue weighted by molar-refractivity contribution is 7.19. The van der Waals surface area contributed by atoms with Crippen LogP contribution in [-0.2, 0) is 6.18 Å². The van der Waals surface area contributed by atoms with Gasteiger partial charge < -0.3 is 9.47 Å². The van der Waals surface area contributed by atoms with Crippen LogP contribution >= 0.6 is 11.3 Å². The molecule has 0 radical (unpaired) electrons. The van der Waals surface area contributed by atoms with Crippen molar-refractivity contribution in [3.05, 3.63) is 24.0 Å². The van der Waals surface area contributed by atoms with Crippen molar-refractivity contribution in [2.75, 3.05) is 6.79 Å². The van der Waals surface area contributed by atoms with Gasteiger partial charge in [0.2, 0.25) is 11.8 Å². The van der Waals surface area contributed by atoms with Crippen LogP contribution in [0.15, 0.2) is 18.2 Å². The van der Waals surface area contributed by atoms with Crippen LogP contribution < -0.4 is 9.47 Å². The molecule has 0 amide bonds. The van der Waals surface area contributed by atoms with E-state index in [0.29, 0.717) is 26.6 Å². The molecule has 21 heavy (non-hydrogen) atoms. The van der Waals surface area contributed by atoms with Gasteiger partial charge in [0.15, 0.2) is 11.5 Å². The van der Waals surface area contributed by atoms with Crippen LogP contribution in [0.1, 0.15) is 5.82 Å². The van der Waals surface area contributed by atoms with Gasteiger partial charge in [-0.25, -0.2) is 0 Å². The maximum absolute atomic E-state index is 12.7. The monoisotopic (exact) mass is 314 g/mol. The number of ether oxygens (including phenoxy) is 2. The van der Waals surface area contributed by atoms with Crippen LogP contribution in [0.3, 0.4) is 0 Å². The molecule has 0 N–H and O–H groups in total. The summed E-state index contributed by atoms with van der Waals surface area (Å²) in [5, 5.41) is 10.9. The van der Waals surface area contributed by atoms with Crippen LogP contribution in [0.2, 0.25) is 0 Å². The molecule has 0 atom stereocenters. The van der Waals surface area contributed by atoms with Gasteiger partial charge in [-0.05, 0) is 18.2 Å². The number of halogens is 3. The summed E-state index contributed by atoms with van der Waals surface area (Å²) in [6, 6.07) is 5.05. The average Bonchev–Trinajstić information content (AvgIpc) is 3.10. The Balaban J connectivity index is 1.82. The number of hydrogen-bond acceptors (Lipinski definition) is 6. The molecule has 108 valence electrons. The number of hydrogen-bond donors (Lipinski definition) is 0. The third kappa shape index (κ3) is 1.90. The van der Waals surface area contributed by atoms with Crippen molar-refractivity contribution < 1.29 is 22.6 Å². The van der Waals surface area contributed by atoms with E-state index in [0.717, 1.165) is 11.3 Å². The molecule has 1 aromatic carbocycles. The van der Waals surface area contributed by atoms with Crippen molar-refractivity contribution in [2.24, 2.45) is 0 Å². The van der Waals surface area contributed by atoms with Gasteiger partial charge >= 0.3 is 6.18 Å².